The fourth-order valence-corrected chi connectivity index (χ4v) is 2.93. The Labute approximate surface area is 131 Å². The van der Waals surface area contributed by atoms with Gasteiger partial charge >= 0.3 is 0 Å². The molecule has 0 aliphatic heterocycles. The average molecular weight is 321 g/mol. The summed E-state index contributed by atoms with van der Waals surface area (Å²) in [7, 11) is 0. The van der Waals surface area contributed by atoms with E-state index < -0.39 is 6.10 Å². The van der Waals surface area contributed by atoms with Crippen molar-refractivity contribution in [2.75, 3.05) is 11.1 Å². The summed E-state index contributed by atoms with van der Waals surface area (Å²) in [5, 5.41) is 11.1. The highest BCUT2D eigenvalue weighted by atomic mass is 32.2. The summed E-state index contributed by atoms with van der Waals surface area (Å²) in [5.74, 6) is 1.16. The number of carbonyl (C=O) groups is 1. The Morgan fingerprint density at radius 1 is 1.48 bits per heavy atom. The van der Waals surface area contributed by atoms with Crippen LogP contribution in [-0.4, -0.2) is 28.0 Å². The molecule has 0 saturated carbocycles. The number of ether oxygens (including phenoxy) is 1. The smallest absolute Gasteiger partial charge is 0.266 e. The lowest BCUT2D eigenvalue weighted by Gasteiger charge is -2.13. The number of carbonyl (C=O) groups excluding carboxylic acids is 1. The summed E-state index contributed by atoms with van der Waals surface area (Å²) in [6, 6.07) is 9.21. The van der Waals surface area contributed by atoms with E-state index in [-0.39, 0.29) is 5.91 Å². The molecule has 2 aromatic rings. The Balaban J connectivity index is 1.88. The van der Waals surface area contributed by atoms with Crippen molar-refractivity contribution in [2.45, 2.75) is 17.4 Å². The highest BCUT2D eigenvalue weighted by Gasteiger charge is 2.16. The maximum Gasteiger partial charge on any atom is 0.266 e. The number of hydrogen-bond acceptors (Lipinski definition) is 6. The first kappa shape index (κ1) is 15.5. The molecule has 7 heteroatoms. The molecule has 1 aromatic heterocycles. The Morgan fingerprint density at radius 2 is 2.24 bits per heavy atom. The normalized spacial score (nSPS) is 11.7. The maximum absolute atomic E-state index is 12.0. The van der Waals surface area contributed by atoms with E-state index in [0.29, 0.717) is 10.9 Å². The van der Waals surface area contributed by atoms with Crippen LogP contribution in [0.5, 0.6) is 5.75 Å². The maximum atomic E-state index is 12.0. The zero-order valence-electron chi connectivity index (χ0n) is 11.5. The summed E-state index contributed by atoms with van der Waals surface area (Å²) in [6.07, 6.45) is 1.18. The third-order valence-electron chi connectivity index (χ3n) is 2.39. The van der Waals surface area contributed by atoms with Crippen molar-refractivity contribution in [2.24, 2.45) is 0 Å². The molecule has 0 bridgehead atoms. The Morgan fingerprint density at radius 3 is 2.95 bits per heavy atom. The average Bonchev–Trinajstić information content (AvgIpc) is 2.93. The lowest BCUT2D eigenvalue weighted by Crippen LogP contribution is -2.30. The van der Waals surface area contributed by atoms with Gasteiger partial charge in [-0.1, -0.05) is 47.4 Å². The lowest BCUT2D eigenvalue weighted by atomic mass is 10.3. The van der Waals surface area contributed by atoms with Gasteiger partial charge in [0.2, 0.25) is 5.13 Å². The predicted octanol–water partition coefficient (Wildman–Crippen LogP) is 3.22. The van der Waals surface area contributed by atoms with Gasteiger partial charge in [-0.3, -0.25) is 10.1 Å². The van der Waals surface area contributed by atoms with Crippen molar-refractivity contribution in [3.8, 4) is 5.75 Å². The second kappa shape index (κ2) is 7.80. The summed E-state index contributed by atoms with van der Waals surface area (Å²) in [5.41, 5.74) is 0. The standard InChI is InChI=1S/C14H15N3O2S2/c1-3-9-20-14-17-16-13(21-14)15-12(18)10(2)19-11-7-5-4-6-8-11/h3-8,10H,1,9H2,2H3,(H,15,16,18)/t10-/m0/s1. The van der Waals surface area contributed by atoms with Crippen LogP contribution in [0.15, 0.2) is 47.3 Å². The van der Waals surface area contributed by atoms with Crippen LogP contribution in [0.1, 0.15) is 6.92 Å². The molecule has 0 fully saturated rings. The molecule has 110 valence electrons. The van der Waals surface area contributed by atoms with E-state index in [4.69, 9.17) is 4.74 Å². The van der Waals surface area contributed by atoms with Crippen LogP contribution in [0.2, 0.25) is 0 Å². The molecule has 1 heterocycles. The molecule has 2 rings (SSSR count). The molecule has 21 heavy (non-hydrogen) atoms. The fraction of sp³-hybridized carbons (Fsp3) is 0.214. The van der Waals surface area contributed by atoms with Crippen molar-refractivity contribution in [1.82, 2.24) is 10.2 Å². The third-order valence-corrected chi connectivity index (χ3v) is 4.35. The topological polar surface area (TPSA) is 64.1 Å². The second-order valence-electron chi connectivity index (χ2n) is 4.04. The van der Waals surface area contributed by atoms with Gasteiger partial charge in [0, 0.05) is 5.75 Å². The molecule has 1 atom stereocenters. The number of nitrogens with one attached hydrogen (secondary N) is 1. The van der Waals surface area contributed by atoms with Gasteiger partial charge in [0.25, 0.3) is 5.91 Å². The number of amides is 1. The summed E-state index contributed by atoms with van der Waals surface area (Å²) >= 11 is 2.85. The minimum absolute atomic E-state index is 0.254. The number of hydrogen-bond donors (Lipinski definition) is 1. The quantitative estimate of drug-likeness (QED) is 0.482. The number of benzene rings is 1. The van der Waals surface area contributed by atoms with Crippen molar-refractivity contribution < 1.29 is 9.53 Å². The van der Waals surface area contributed by atoms with E-state index in [9.17, 15) is 4.79 Å². The number of thioether (sulfide) groups is 1. The van der Waals surface area contributed by atoms with E-state index in [1.54, 1.807) is 25.1 Å². The summed E-state index contributed by atoms with van der Waals surface area (Å²) < 4.78 is 6.34. The van der Waals surface area contributed by atoms with Crippen molar-refractivity contribution in [1.29, 1.82) is 0 Å². The van der Waals surface area contributed by atoms with Crippen LogP contribution in [0.4, 0.5) is 5.13 Å². The van der Waals surface area contributed by atoms with Crippen LogP contribution in [-0.2, 0) is 4.79 Å². The molecular formula is C14H15N3O2S2. The first-order valence-corrected chi connectivity index (χ1v) is 8.09. The molecule has 0 spiro atoms. The molecule has 0 saturated heterocycles. The lowest BCUT2D eigenvalue weighted by molar-refractivity contribution is -0.122. The largest absolute Gasteiger partial charge is 0.481 e. The van der Waals surface area contributed by atoms with Crippen LogP contribution < -0.4 is 10.1 Å². The number of para-hydroxylation sites is 1. The van der Waals surface area contributed by atoms with E-state index >= 15 is 0 Å². The number of nitrogens with zero attached hydrogens (tertiary/aromatic N) is 2. The SMILES string of the molecule is C=CCSc1nnc(NC(=O)[C@H](C)Oc2ccccc2)s1. The van der Waals surface area contributed by atoms with Gasteiger partial charge in [0.15, 0.2) is 10.4 Å². The summed E-state index contributed by atoms with van der Waals surface area (Å²) in [6.45, 7) is 5.33. The second-order valence-corrected chi connectivity index (χ2v) is 6.28. The minimum Gasteiger partial charge on any atom is -0.481 e. The van der Waals surface area contributed by atoms with E-state index in [0.717, 1.165) is 10.1 Å². The van der Waals surface area contributed by atoms with E-state index in [1.165, 1.54) is 23.1 Å². The minimum atomic E-state index is -0.611. The molecule has 0 aliphatic carbocycles. The molecule has 0 unspecified atom stereocenters. The predicted molar refractivity (Wildman–Crippen MR) is 86.0 cm³/mol. The van der Waals surface area contributed by atoms with E-state index in [2.05, 4.69) is 22.1 Å². The van der Waals surface area contributed by atoms with Gasteiger partial charge in [-0.15, -0.1) is 16.8 Å². The van der Waals surface area contributed by atoms with Crippen LogP contribution in [0.3, 0.4) is 0 Å². The van der Waals surface area contributed by atoms with Gasteiger partial charge in [-0.2, -0.15) is 0 Å². The molecule has 1 aromatic carbocycles. The number of aromatic nitrogens is 2. The molecular weight excluding hydrogens is 306 g/mol. The van der Waals surface area contributed by atoms with Gasteiger partial charge in [-0.25, -0.2) is 0 Å². The zero-order valence-corrected chi connectivity index (χ0v) is 13.1. The molecule has 1 N–H and O–H groups in total. The zero-order chi connectivity index (χ0) is 15.1. The van der Waals surface area contributed by atoms with Crippen LogP contribution in [0.25, 0.3) is 0 Å². The molecule has 0 radical (unpaired) electrons. The van der Waals surface area contributed by atoms with Gasteiger partial charge in [0.1, 0.15) is 5.75 Å². The monoisotopic (exact) mass is 321 g/mol. The first-order valence-electron chi connectivity index (χ1n) is 6.29. The molecule has 1 amide bonds. The van der Waals surface area contributed by atoms with Gasteiger partial charge in [0.05, 0.1) is 0 Å². The Kier molecular flexibility index (Phi) is 5.77. The Bertz CT molecular complexity index is 601. The first-order chi connectivity index (χ1) is 10.2. The van der Waals surface area contributed by atoms with Crippen molar-refractivity contribution in [3.05, 3.63) is 43.0 Å². The van der Waals surface area contributed by atoms with Gasteiger partial charge in [-0.05, 0) is 19.1 Å². The number of rotatable bonds is 7. The van der Waals surface area contributed by atoms with Crippen LogP contribution in [0, 0.1) is 0 Å². The van der Waals surface area contributed by atoms with Crippen molar-refractivity contribution in [3.63, 3.8) is 0 Å². The third kappa shape index (κ3) is 4.87. The van der Waals surface area contributed by atoms with E-state index in [1.807, 2.05) is 18.2 Å². The highest BCUT2D eigenvalue weighted by molar-refractivity contribution is 8.01. The van der Waals surface area contributed by atoms with Gasteiger partial charge < -0.3 is 4.74 Å². The fourth-order valence-electron chi connectivity index (χ4n) is 1.41. The van der Waals surface area contributed by atoms with Crippen molar-refractivity contribution >= 4 is 34.1 Å². The highest BCUT2D eigenvalue weighted by Crippen LogP contribution is 2.25. The molecule has 5 nitrogen and oxygen atoms in total. The summed E-state index contributed by atoms with van der Waals surface area (Å²) in [4.78, 5) is 12.0. The van der Waals surface area contributed by atoms with Crippen LogP contribution >= 0.6 is 23.1 Å². The molecule has 0 aliphatic rings. The number of anilines is 1. The Hall–Kier alpha value is -1.86.